The SMILES string of the molecule is CCCCCCCC/C=C\CCCCCCCC(=O)OCC(COC(=O)CCCCCCC/C=C\CCCCCCCC)OC(=O)NCCCN(CCCC)CCCOS(=O)(=O)O. The number of amides is 1. The van der Waals surface area contributed by atoms with Crippen LogP contribution in [0.15, 0.2) is 24.3 Å². The van der Waals surface area contributed by atoms with Gasteiger partial charge in [-0.1, -0.05) is 154 Å². The summed E-state index contributed by atoms with van der Waals surface area (Å²) in [6, 6.07) is 0. The van der Waals surface area contributed by atoms with Crippen LogP contribution in [-0.2, 0) is 38.4 Å². The zero-order valence-corrected chi connectivity index (χ0v) is 41.3. The molecule has 0 unspecified atom stereocenters. The van der Waals surface area contributed by atoms with Crippen LogP contribution in [-0.4, -0.2) is 88.0 Å². The highest BCUT2D eigenvalue weighted by atomic mass is 32.3. The fourth-order valence-electron chi connectivity index (χ4n) is 7.17. The minimum atomic E-state index is -4.47. The molecule has 63 heavy (non-hydrogen) atoms. The summed E-state index contributed by atoms with van der Waals surface area (Å²) in [5.41, 5.74) is 0. The van der Waals surface area contributed by atoms with E-state index in [0.717, 1.165) is 96.4 Å². The second kappa shape index (κ2) is 46.1. The van der Waals surface area contributed by atoms with E-state index in [1.807, 2.05) is 0 Å². The molecule has 0 aromatic heterocycles. The van der Waals surface area contributed by atoms with Crippen LogP contribution in [0.2, 0.25) is 0 Å². The van der Waals surface area contributed by atoms with Gasteiger partial charge < -0.3 is 24.4 Å². The lowest BCUT2D eigenvalue weighted by molar-refractivity contribution is -0.152. The minimum Gasteiger partial charge on any atom is -0.462 e. The molecule has 0 aliphatic rings. The van der Waals surface area contributed by atoms with E-state index in [1.165, 1.54) is 89.9 Å². The predicted octanol–water partition coefficient (Wildman–Crippen LogP) is 12.9. The standard InChI is InChI=1S/C50H94N2O10S/c1-4-7-10-12-14-16-18-20-22-24-26-28-30-32-34-38-48(53)59-45-47(62-50(55)51-40-36-42-52(41-9-6-3)43-37-44-61-63(56,57)58)46-60-49(54)39-35-33-31-29-27-25-23-21-19-17-15-13-11-8-5-2/h20-23,47H,4-19,24-46H2,1-3H3,(H,51,55)(H,56,57,58)/b22-20-,23-21-. The largest absolute Gasteiger partial charge is 0.462 e. The number of carbonyl (C=O) groups is 3. The third kappa shape index (κ3) is 47.3. The van der Waals surface area contributed by atoms with Gasteiger partial charge in [-0.2, -0.15) is 8.42 Å². The molecule has 0 saturated heterocycles. The average molecular weight is 915 g/mol. The molecule has 0 aliphatic heterocycles. The van der Waals surface area contributed by atoms with Crippen LogP contribution in [0.3, 0.4) is 0 Å². The van der Waals surface area contributed by atoms with E-state index in [4.69, 9.17) is 18.8 Å². The van der Waals surface area contributed by atoms with E-state index < -0.39 is 22.6 Å². The highest BCUT2D eigenvalue weighted by Crippen LogP contribution is 2.13. The van der Waals surface area contributed by atoms with E-state index in [2.05, 4.69) is 59.5 Å². The molecule has 1 amide bonds. The van der Waals surface area contributed by atoms with Gasteiger partial charge >= 0.3 is 28.4 Å². The Balaban J connectivity index is 4.63. The van der Waals surface area contributed by atoms with Crippen molar-refractivity contribution in [3.63, 3.8) is 0 Å². The van der Waals surface area contributed by atoms with Gasteiger partial charge in [-0.25, -0.2) is 8.98 Å². The molecule has 0 bridgehead atoms. The summed E-state index contributed by atoms with van der Waals surface area (Å²) < 4.78 is 51.5. The lowest BCUT2D eigenvalue weighted by Gasteiger charge is -2.22. The van der Waals surface area contributed by atoms with Crippen molar-refractivity contribution in [1.82, 2.24) is 10.2 Å². The maximum Gasteiger partial charge on any atom is 0.407 e. The highest BCUT2D eigenvalue weighted by molar-refractivity contribution is 7.80. The smallest absolute Gasteiger partial charge is 0.407 e. The Morgan fingerprint density at radius 3 is 1.33 bits per heavy atom. The zero-order valence-electron chi connectivity index (χ0n) is 40.4. The number of carbonyl (C=O) groups excluding carboxylic acids is 3. The van der Waals surface area contributed by atoms with Crippen molar-refractivity contribution in [2.24, 2.45) is 0 Å². The summed E-state index contributed by atoms with van der Waals surface area (Å²) in [7, 11) is -4.47. The molecule has 0 atom stereocenters. The summed E-state index contributed by atoms with van der Waals surface area (Å²) in [6.07, 6.45) is 41.7. The van der Waals surface area contributed by atoms with Gasteiger partial charge in [0.05, 0.1) is 6.61 Å². The molecule has 13 heteroatoms. The van der Waals surface area contributed by atoms with Crippen LogP contribution in [0.1, 0.15) is 226 Å². The summed E-state index contributed by atoms with van der Waals surface area (Å²) in [6.45, 7) is 8.42. The predicted molar refractivity (Wildman–Crippen MR) is 257 cm³/mol. The van der Waals surface area contributed by atoms with Gasteiger partial charge in [0.2, 0.25) is 0 Å². The topological polar surface area (TPSA) is 158 Å². The Kier molecular flexibility index (Phi) is 44.3. The molecular formula is C50H94N2O10S. The van der Waals surface area contributed by atoms with Crippen LogP contribution < -0.4 is 5.32 Å². The fourth-order valence-corrected chi connectivity index (χ4v) is 7.50. The molecule has 0 saturated carbocycles. The van der Waals surface area contributed by atoms with Crippen molar-refractivity contribution in [1.29, 1.82) is 0 Å². The number of nitrogens with zero attached hydrogens (tertiary/aromatic N) is 1. The summed E-state index contributed by atoms with van der Waals surface area (Å²) >= 11 is 0. The summed E-state index contributed by atoms with van der Waals surface area (Å²) in [5.74, 6) is -0.731. The van der Waals surface area contributed by atoms with Gasteiger partial charge in [-0.3, -0.25) is 14.1 Å². The first-order valence-corrected chi connectivity index (χ1v) is 26.9. The van der Waals surface area contributed by atoms with Crippen LogP contribution in [0.25, 0.3) is 0 Å². The molecule has 0 aromatic rings. The molecule has 0 aromatic carbocycles. The Hall–Kier alpha value is -2.48. The van der Waals surface area contributed by atoms with Crippen LogP contribution in [0, 0.1) is 0 Å². The molecule has 0 rings (SSSR count). The number of rotatable bonds is 47. The van der Waals surface area contributed by atoms with E-state index in [9.17, 15) is 22.8 Å². The lowest BCUT2D eigenvalue weighted by Crippen LogP contribution is -2.36. The van der Waals surface area contributed by atoms with Gasteiger partial charge in [0.25, 0.3) is 0 Å². The number of ether oxygens (including phenoxy) is 3. The van der Waals surface area contributed by atoms with Gasteiger partial charge in [0.1, 0.15) is 13.2 Å². The van der Waals surface area contributed by atoms with E-state index in [-0.39, 0.29) is 44.6 Å². The first-order chi connectivity index (χ1) is 30.6. The third-order valence-electron chi connectivity index (χ3n) is 11.0. The Morgan fingerprint density at radius 2 is 0.905 bits per heavy atom. The van der Waals surface area contributed by atoms with Gasteiger partial charge in [0.15, 0.2) is 6.10 Å². The fraction of sp³-hybridized carbons (Fsp3) is 0.860. The van der Waals surface area contributed by atoms with Crippen LogP contribution in [0.5, 0.6) is 0 Å². The monoisotopic (exact) mass is 915 g/mol. The molecule has 0 heterocycles. The van der Waals surface area contributed by atoms with Gasteiger partial charge in [0, 0.05) is 25.9 Å². The number of esters is 2. The maximum atomic E-state index is 12.8. The molecule has 2 N–H and O–H groups in total. The molecule has 0 fully saturated rings. The Labute approximate surface area is 385 Å². The van der Waals surface area contributed by atoms with Crippen LogP contribution >= 0.6 is 0 Å². The maximum absolute atomic E-state index is 12.8. The number of unbranched alkanes of at least 4 members (excludes halogenated alkanes) is 23. The Morgan fingerprint density at radius 1 is 0.524 bits per heavy atom. The first-order valence-electron chi connectivity index (χ1n) is 25.5. The number of allylic oxidation sites excluding steroid dienone is 4. The third-order valence-corrected chi connectivity index (χ3v) is 11.5. The van der Waals surface area contributed by atoms with Gasteiger partial charge in [-0.15, -0.1) is 0 Å². The summed E-state index contributed by atoms with van der Waals surface area (Å²) in [4.78, 5) is 40.2. The van der Waals surface area contributed by atoms with Gasteiger partial charge in [-0.05, 0) is 96.6 Å². The molecular weight excluding hydrogens is 821 g/mol. The summed E-state index contributed by atoms with van der Waals surface area (Å²) in [5, 5.41) is 2.74. The number of hydrogen-bond donors (Lipinski definition) is 2. The Bertz CT molecular complexity index is 1170. The van der Waals surface area contributed by atoms with E-state index >= 15 is 0 Å². The second-order valence-corrected chi connectivity index (χ2v) is 18.2. The quantitative estimate of drug-likeness (QED) is 0.0197. The van der Waals surface area contributed by atoms with Crippen molar-refractivity contribution < 1.29 is 45.7 Å². The van der Waals surface area contributed by atoms with Crippen molar-refractivity contribution in [2.45, 2.75) is 232 Å². The normalized spacial score (nSPS) is 12.0. The number of nitrogens with one attached hydrogen (secondary N) is 1. The first kappa shape index (κ1) is 60.5. The molecule has 0 radical (unpaired) electrons. The van der Waals surface area contributed by atoms with E-state index in [0.29, 0.717) is 32.5 Å². The van der Waals surface area contributed by atoms with Crippen LogP contribution in [0.4, 0.5) is 4.79 Å². The highest BCUT2D eigenvalue weighted by Gasteiger charge is 2.20. The number of alkyl carbamates (subject to hydrolysis) is 1. The number of hydrogen-bond acceptors (Lipinski definition) is 10. The second-order valence-electron chi connectivity index (χ2n) is 17.1. The van der Waals surface area contributed by atoms with Crippen molar-refractivity contribution in [2.75, 3.05) is 46.0 Å². The molecule has 0 aliphatic carbocycles. The van der Waals surface area contributed by atoms with Crippen molar-refractivity contribution in [3.05, 3.63) is 24.3 Å². The van der Waals surface area contributed by atoms with E-state index in [1.54, 1.807) is 0 Å². The molecule has 0 spiro atoms. The zero-order chi connectivity index (χ0) is 46.3. The van der Waals surface area contributed by atoms with Crippen molar-refractivity contribution in [3.8, 4) is 0 Å². The molecule has 370 valence electrons. The lowest BCUT2D eigenvalue weighted by atomic mass is 10.1. The average Bonchev–Trinajstić information content (AvgIpc) is 3.25. The molecule has 12 nitrogen and oxygen atoms in total. The van der Waals surface area contributed by atoms with Crippen molar-refractivity contribution >= 4 is 28.4 Å². The minimum absolute atomic E-state index is 0.114.